The topological polar surface area (TPSA) is 129 Å². The van der Waals surface area contributed by atoms with Crippen molar-refractivity contribution in [2.45, 2.75) is 38.7 Å². The molecule has 0 saturated carbocycles. The maximum absolute atomic E-state index is 7.50. The number of hydrogen-bond acceptors (Lipinski definition) is 1. The zero-order chi connectivity index (χ0) is 20.6. The van der Waals surface area contributed by atoms with Gasteiger partial charge in [-0.1, -0.05) is 11.8 Å². The molecule has 0 amide bonds. The SMILES string of the molecule is CC#CCOC1C#CCCCC1.[C-]#[O+].[C-]#[O+].[C-]#[O+].[C-]#[O+].[C-]#[O+].[C-]#[O+].[Co].[Co]. The van der Waals surface area contributed by atoms with E-state index >= 15 is 0 Å². The molecule has 2 radical (unpaired) electrons. The summed E-state index contributed by atoms with van der Waals surface area (Å²) in [4.78, 5) is 0. The van der Waals surface area contributed by atoms with Crippen molar-refractivity contribution in [2.75, 3.05) is 6.61 Å². The molecule has 0 aromatic carbocycles. The van der Waals surface area contributed by atoms with E-state index in [9.17, 15) is 0 Å². The minimum atomic E-state index is 0. The van der Waals surface area contributed by atoms with Crippen LogP contribution >= 0.6 is 0 Å². The molecule has 0 bridgehead atoms. The van der Waals surface area contributed by atoms with Crippen molar-refractivity contribution >= 4 is 0 Å². The zero-order valence-electron chi connectivity index (χ0n) is 13.6. The van der Waals surface area contributed by atoms with Gasteiger partial charge in [0.05, 0.1) is 0 Å². The van der Waals surface area contributed by atoms with Crippen LogP contribution in [0.15, 0.2) is 0 Å². The van der Waals surface area contributed by atoms with Gasteiger partial charge in [0, 0.05) is 40.0 Å². The molecule has 26 heavy (non-hydrogen) atoms. The Morgan fingerprint density at radius 1 is 0.846 bits per heavy atom. The van der Waals surface area contributed by atoms with Crippen LogP contribution in [0.2, 0.25) is 0 Å². The van der Waals surface area contributed by atoms with E-state index in [0.29, 0.717) is 6.61 Å². The average molecular weight is 448 g/mol. The molecule has 0 spiro atoms. The quantitative estimate of drug-likeness (QED) is 0.356. The van der Waals surface area contributed by atoms with Crippen LogP contribution < -0.4 is 0 Å². The van der Waals surface area contributed by atoms with Crippen LogP contribution in [0.25, 0.3) is 0 Å². The number of ether oxygens (including phenoxy) is 1. The van der Waals surface area contributed by atoms with Crippen LogP contribution in [0, 0.1) is 63.6 Å². The van der Waals surface area contributed by atoms with E-state index in [0.717, 1.165) is 12.8 Å². The summed E-state index contributed by atoms with van der Waals surface area (Å²) in [5.74, 6) is 11.9. The smallest absolute Gasteiger partial charge is 0 e. The van der Waals surface area contributed by atoms with Crippen LogP contribution in [0.3, 0.4) is 0 Å². The van der Waals surface area contributed by atoms with Crippen molar-refractivity contribution < 1.29 is 66.2 Å². The molecule has 0 fully saturated rings. The maximum Gasteiger partial charge on any atom is 0 e. The summed E-state index contributed by atoms with van der Waals surface area (Å²) in [6, 6.07) is 0. The van der Waals surface area contributed by atoms with Crippen molar-refractivity contribution in [2.24, 2.45) is 0 Å². The second-order valence-electron chi connectivity index (χ2n) is 2.79. The Balaban J connectivity index is -0.0000000332. The van der Waals surface area contributed by atoms with Gasteiger partial charge in [-0.15, -0.1) is 11.8 Å². The van der Waals surface area contributed by atoms with Gasteiger partial charge in [0.1, 0.15) is 12.7 Å². The van der Waals surface area contributed by atoms with E-state index in [1.165, 1.54) is 12.8 Å². The van der Waals surface area contributed by atoms with Gasteiger partial charge in [-0.3, -0.25) is 0 Å². The first-order chi connectivity index (χ1) is 11.9. The predicted octanol–water partition coefficient (Wildman–Crippen LogP) is 1.74. The van der Waals surface area contributed by atoms with Crippen LogP contribution in [0.5, 0.6) is 0 Å². The number of rotatable bonds is 2. The van der Waals surface area contributed by atoms with Crippen molar-refractivity contribution in [3.63, 3.8) is 0 Å². The second kappa shape index (κ2) is 89.8. The maximum atomic E-state index is 7.50. The third kappa shape index (κ3) is 66.5. The fourth-order valence-corrected chi connectivity index (χ4v) is 1.14. The van der Waals surface area contributed by atoms with Gasteiger partial charge in [-0.2, -0.15) is 0 Å². The largest absolute Gasteiger partial charge is 0 e. The molecule has 1 rings (SSSR count). The molecule has 1 unspecified atom stereocenters. The summed E-state index contributed by atoms with van der Waals surface area (Å²) in [5, 5.41) is 0. The first kappa shape index (κ1) is 49.7. The molecule has 1 aliphatic carbocycles. The van der Waals surface area contributed by atoms with E-state index in [1.54, 1.807) is 0 Å². The first-order valence-electron chi connectivity index (χ1n) is 5.65. The molecular weight excluding hydrogens is 434 g/mol. The third-order valence-corrected chi connectivity index (χ3v) is 1.81. The average Bonchev–Trinajstić information content (AvgIpc) is 3.00. The summed E-state index contributed by atoms with van der Waals surface area (Å²) in [7, 11) is 0. The molecular formula is C17H14Co2O7. The summed E-state index contributed by atoms with van der Waals surface area (Å²) < 4.78 is 50.5. The Morgan fingerprint density at radius 2 is 1.27 bits per heavy atom. The molecule has 0 heterocycles. The van der Waals surface area contributed by atoms with Gasteiger partial charge in [-0.25, -0.2) is 0 Å². The van der Waals surface area contributed by atoms with E-state index in [-0.39, 0.29) is 39.7 Å². The standard InChI is InChI=1S/C11H14O.6CO.2Co/c1-2-3-10-12-11-8-6-4-5-7-9-11;6*1-2;;/h11H,4-6,8,10H2,1H3;;;;;;;;. The van der Waals surface area contributed by atoms with Gasteiger partial charge in [0.2, 0.25) is 0 Å². The Hall–Kier alpha value is -1.47. The fourth-order valence-electron chi connectivity index (χ4n) is 1.14. The van der Waals surface area contributed by atoms with Crippen molar-refractivity contribution in [3.8, 4) is 23.7 Å². The number of hydrogen-bond donors (Lipinski definition) is 0. The van der Waals surface area contributed by atoms with E-state index in [4.69, 9.17) is 32.6 Å². The summed E-state index contributed by atoms with van der Waals surface area (Å²) in [5.41, 5.74) is 0. The normalized spacial score (nSPS) is 10.3. The molecule has 1 atom stereocenters. The van der Waals surface area contributed by atoms with Crippen molar-refractivity contribution in [3.05, 3.63) is 39.9 Å². The molecule has 7 nitrogen and oxygen atoms in total. The molecule has 0 aromatic heterocycles. The zero-order valence-corrected chi connectivity index (χ0v) is 15.7. The van der Waals surface area contributed by atoms with Crippen LogP contribution in [0.1, 0.15) is 32.6 Å². The van der Waals surface area contributed by atoms with Gasteiger partial charge < -0.3 is 4.74 Å². The molecule has 9 heteroatoms. The minimum absolute atomic E-state index is 0. The van der Waals surface area contributed by atoms with Gasteiger partial charge in [-0.05, 0) is 26.2 Å². The van der Waals surface area contributed by atoms with E-state index in [2.05, 4.69) is 63.6 Å². The van der Waals surface area contributed by atoms with Crippen molar-refractivity contribution in [1.29, 1.82) is 0 Å². The van der Waals surface area contributed by atoms with Gasteiger partial charge in [0.15, 0.2) is 0 Å². The fraction of sp³-hybridized carbons (Fsp3) is 0.412. The van der Waals surface area contributed by atoms with Gasteiger partial charge >= 0.3 is 67.8 Å². The van der Waals surface area contributed by atoms with E-state index in [1.807, 2.05) is 6.92 Å². The molecule has 1 aliphatic rings. The Bertz CT molecular complexity index is 422. The van der Waals surface area contributed by atoms with Crippen LogP contribution in [-0.2, 0) is 66.2 Å². The van der Waals surface area contributed by atoms with Gasteiger partial charge in [0.25, 0.3) is 0 Å². The van der Waals surface area contributed by atoms with Crippen LogP contribution in [0.4, 0.5) is 0 Å². The molecule has 0 saturated heterocycles. The molecule has 142 valence electrons. The second-order valence-corrected chi connectivity index (χ2v) is 2.79. The summed E-state index contributed by atoms with van der Waals surface area (Å²) >= 11 is 0. The van der Waals surface area contributed by atoms with E-state index < -0.39 is 0 Å². The Kier molecular flexibility index (Phi) is 172. The Labute approximate surface area is 175 Å². The predicted molar refractivity (Wildman–Crippen MR) is 73.0 cm³/mol. The summed E-state index contributed by atoms with van der Waals surface area (Å²) in [6.45, 7) is 29.3. The minimum Gasteiger partial charge on any atom is 0 e. The van der Waals surface area contributed by atoms with Crippen LogP contribution in [-0.4, -0.2) is 12.7 Å². The monoisotopic (exact) mass is 448 g/mol. The third-order valence-electron chi connectivity index (χ3n) is 1.81. The summed E-state index contributed by atoms with van der Waals surface area (Å²) in [6.07, 6.45) is 4.65. The molecule has 0 aromatic rings. The molecule has 0 aliphatic heterocycles. The Morgan fingerprint density at radius 3 is 1.65 bits per heavy atom. The first-order valence-corrected chi connectivity index (χ1v) is 5.65. The van der Waals surface area contributed by atoms with Crippen molar-refractivity contribution in [1.82, 2.24) is 0 Å². The molecule has 0 N–H and O–H groups in total.